The van der Waals surface area contributed by atoms with E-state index in [0.29, 0.717) is 12.3 Å². The van der Waals surface area contributed by atoms with Crippen LogP contribution in [0.5, 0.6) is 0 Å². The molecule has 20 heavy (non-hydrogen) atoms. The van der Waals surface area contributed by atoms with E-state index in [1.807, 2.05) is 26.0 Å². The Hall–Kier alpha value is -0.840. The summed E-state index contributed by atoms with van der Waals surface area (Å²) in [6.45, 7) is 6.01. The molecule has 6 heteroatoms. The van der Waals surface area contributed by atoms with Crippen LogP contribution in [-0.2, 0) is 4.79 Å². The van der Waals surface area contributed by atoms with Crippen molar-refractivity contribution >= 4 is 36.4 Å². The van der Waals surface area contributed by atoms with Gasteiger partial charge >= 0.3 is 0 Å². The maximum absolute atomic E-state index is 11.8. The summed E-state index contributed by atoms with van der Waals surface area (Å²) in [6.07, 6.45) is 2.76. The molecule has 1 aliphatic heterocycles. The first-order valence-electron chi connectivity index (χ1n) is 6.60. The molecular weight excluding hydrogens is 297 g/mol. The average molecular weight is 320 g/mol. The van der Waals surface area contributed by atoms with Crippen molar-refractivity contribution in [2.45, 2.75) is 33.1 Å². The van der Waals surface area contributed by atoms with Gasteiger partial charge in [-0.1, -0.05) is 0 Å². The summed E-state index contributed by atoms with van der Waals surface area (Å²) in [4.78, 5) is 16.2. The lowest BCUT2D eigenvalue weighted by atomic mass is 10.0. The molecule has 114 valence electrons. The molecule has 0 radical (unpaired) electrons. The Balaban J connectivity index is 0.00000180. The molecule has 1 aromatic rings. The van der Waals surface area contributed by atoms with Crippen LogP contribution < -0.4 is 10.6 Å². The van der Waals surface area contributed by atoms with Crippen LogP contribution in [0.3, 0.4) is 0 Å². The van der Waals surface area contributed by atoms with Crippen molar-refractivity contribution < 1.29 is 4.79 Å². The Morgan fingerprint density at radius 2 is 2.15 bits per heavy atom. The predicted molar refractivity (Wildman–Crippen MR) is 87.0 cm³/mol. The number of amides is 1. The molecule has 2 N–H and O–H groups in total. The van der Waals surface area contributed by atoms with Crippen molar-refractivity contribution in [2.75, 3.05) is 18.4 Å². The van der Waals surface area contributed by atoms with Gasteiger partial charge in [-0.3, -0.25) is 9.78 Å². The molecule has 0 aromatic carbocycles. The van der Waals surface area contributed by atoms with E-state index in [1.54, 1.807) is 0 Å². The lowest BCUT2D eigenvalue weighted by molar-refractivity contribution is -0.116. The number of carbonyl (C=O) groups excluding carboxylic acids is 1. The Morgan fingerprint density at radius 3 is 2.75 bits per heavy atom. The first-order valence-corrected chi connectivity index (χ1v) is 6.60. The number of aryl methyl sites for hydroxylation is 2. The van der Waals surface area contributed by atoms with Crippen molar-refractivity contribution in [1.29, 1.82) is 0 Å². The van der Waals surface area contributed by atoms with Crippen molar-refractivity contribution in [3.05, 3.63) is 23.5 Å². The van der Waals surface area contributed by atoms with Crippen molar-refractivity contribution in [2.24, 2.45) is 5.92 Å². The van der Waals surface area contributed by atoms with Gasteiger partial charge in [0.1, 0.15) is 0 Å². The summed E-state index contributed by atoms with van der Waals surface area (Å²) in [5, 5.41) is 6.26. The van der Waals surface area contributed by atoms with Crippen molar-refractivity contribution in [3.63, 3.8) is 0 Å². The van der Waals surface area contributed by atoms with Gasteiger partial charge in [0.2, 0.25) is 5.91 Å². The highest BCUT2D eigenvalue weighted by molar-refractivity contribution is 5.91. The van der Waals surface area contributed by atoms with Crippen LogP contribution in [0.4, 0.5) is 5.69 Å². The normalized spacial score (nSPS) is 17.0. The lowest BCUT2D eigenvalue weighted by Gasteiger charge is -2.10. The van der Waals surface area contributed by atoms with Gasteiger partial charge in [-0.25, -0.2) is 0 Å². The predicted octanol–water partition coefficient (Wildman–Crippen LogP) is 2.87. The maximum Gasteiger partial charge on any atom is 0.224 e. The first-order chi connectivity index (χ1) is 8.65. The highest BCUT2D eigenvalue weighted by atomic mass is 35.5. The maximum atomic E-state index is 11.8. The van der Waals surface area contributed by atoms with Gasteiger partial charge < -0.3 is 10.6 Å². The molecule has 0 bridgehead atoms. The second-order valence-electron chi connectivity index (χ2n) is 5.03. The minimum Gasteiger partial charge on any atom is -0.325 e. The SMILES string of the molecule is Cc1ccc(NC(=O)CCC2CCNC2)c(C)n1.Cl.Cl. The molecule has 2 heterocycles. The average Bonchev–Trinajstić information content (AvgIpc) is 2.83. The van der Waals surface area contributed by atoms with Crippen LogP contribution >= 0.6 is 24.8 Å². The fourth-order valence-electron chi connectivity index (χ4n) is 2.33. The molecule has 1 saturated heterocycles. The highest BCUT2D eigenvalue weighted by Gasteiger charge is 2.15. The summed E-state index contributed by atoms with van der Waals surface area (Å²) in [5.74, 6) is 0.753. The van der Waals surface area contributed by atoms with Crippen molar-refractivity contribution in [3.8, 4) is 0 Å². The molecule has 1 amide bonds. The summed E-state index contributed by atoms with van der Waals surface area (Å²) in [6, 6.07) is 3.84. The number of nitrogens with one attached hydrogen (secondary N) is 2. The summed E-state index contributed by atoms with van der Waals surface area (Å²) in [7, 11) is 0. The zero-order valence-electron chi connectivity index (χ0n) is 11.9. The molecule has 0 saturated carbocycles. The third-order valence-electron chi connectivity index (χ3n) is 3.44. The Morgan fingerprint density at radius 1 is 1.40 bits per heavy atom. The van der Waals surface area contributed by atoms with E-state index in [9.17, 15) is 4.79 Å². The number of anilines is 1. The van der Waals surface area contributed by atoms with Crippen LogP contribution in [0, 0.1) is 19.8 Å². The fourth-order valence-corrected chi connectivity index (χ4v) is 2.33. The lowest BCUT2D eigenvalue weighted by Crippen LogP contribution is -2.15. The van der Waals surface area contributed by atoms with E-state index in [-0.39, 0.29) is 30.7 Å². The van der Waals surface area contributed by atoms with Gasteiger partial charge in [0.25, 0.3) is 0 Å². The molecule has 2 rings (SSSR count). The van der Waals surface area contributed by atoms with Crippen LogP contribution in [0.15, 0.2) is 12.1 Å². The highest BCUT2D eigenvalue weighted by Crippen LogP contribution is 2.16. The number of carbonyl (C=O) groups is 1. The monoisotopic (exact) mass is 319 g/mol. The minimum absolute atomic E-state index is 0. The van der Waals surface area contributed by atoms with Crippen molar-refractivity contribution in [1.82, 2.24) is 10.3 Å². The standard InChI is InChI=1S/C14H21N3O.2ClH/c1-10-3-5-13(11(2)16-10)17-14(18)6-4-12-7-8-15-9-12;;/h3,5,12,15H,4,6-9H2,1-2H3,(H,17,18);2*1H. The molecule has 1 fully saturated rings. The minimum atomic E-state index is 0. The van der Waals surface area contributed by atoms with E-state index in [0.717, 1.165) is 36.6 Å². The van der Waals surface area contributed by atoms with E-state index in [4.69, 9.17) is 0 Å². The van der Waals surface area contributed by atoms with Crippen LogP contribution in [0.2, 0.25) is 0 Å². The summed E-state index contributed by atoms with van der Waals surface area (Å²) in [5.41, 5.74) is 2.68. The molecular formula is C14H23Cl2N3O. The summed E-state index contributed by atoms with van der Waals surface area (Å²) >= 11 is 0. The second-order valence-corrected chi connectivity index (χ2v) is 5.03. The van der Waals surface area contributed by atoms with Gasteiger partial charge in [0, 0.05) is 12.1 Å². The fraction of sp³-hybridized carbons (Fsp3) is 0.571. The Labute approximate surface area is 132 Å². The largest absolute Gasteiger partial charge is 0.325 e. The van der Waals surface area contributed by atoms with E-state index in [1.165, 1.54) is 6.42 Å². The van der Waals surface area contributed by atoms with Gasteiger partial charge in [-0.05, 0) is 57.8 Å². The van der Waals surface area contributed by atoms with Crippen LogP contribution in [-0.4, -0.2) is 24.0 Å². The Bertz CT molecular complexity index is 434. The number of aromatic nitrogens is 1. The topological polar surface area (TPSA) is 54.0 Å². The van der Waals surface area contributed by atoms with Gasteiger partial charge in [0.05, 0.1) is 11.4 Å². The smallest absolute Gasteiger partial charge is 0.224 e. The number of hydrogen-bond acceptors (Lipinski definition) is 3. The third-order valence-corrected chi connectivity index (χ3v) is 3.44. The van der Waals surface area contributed by atoms with E-state index >= 15 is 0 Å². The van der Waals surface area contributed by atoms with Crippen LogP contribution in [0.25, 0.3) is 0 Å². The Kier molecular flexibility index (Phi) is 8.78. The molecule has 1 aliphatic rings. The number of hydrogen-bond donors (Lipinski definition) is 2. The first kappa shape index (κ1) is 19.2. The molecule has 4 nitrogen and oxygen atoms in total. The number of nitrogens with zero attached hydrogens (tertiary/aromatic N) is 1. The summed E-state index contributed by atoms with van der Waals surface area (Å²) < 4.78 is 0. The quantitative estimate of drug-likeness (QED) is 0.897. The zero-order valence-corrected chi connectivity index (χ0v) is 13.6. The van der Waals surface area contributed by atoms with Crippen LogP contribution in [0.1, 0.15) is 30.7 Å². The van der Waals surface area contributed by atoms with E-state index < -0.39 is 0 Å². The molecule has 0 aliphatic carbocycles. The van der Waals surface area contributed by atoms with Gasteiger partial charge in [-0.2, -0.15) is 0 Å². The number of pyridine rings is 1. The number of rotatable bonds is 4. The number of halogens is 2. The molecule has 1 atom stereocenters. The molecule has 1 unspecified atom stereocenters. The third kappa shape index (κ3) is 5.65. The van der Waals surface area contributed by atoms with Gasteiger partial charge in [0.15, 0.2) is 0 Å². The van der Waals surface area contributed by atoms with Gasteiger partial charge in [-0.15, -0.1) is 24.8 Å². The van der Waals surface area contributed by atoms with E-state index in [2.05, 4.69) is 15.6 Å². The molecule has 0 spiro atoms. The second kappa shape index (κ2) is 9.16. The molecule has 1 aromatic heterocycles. The zero-order chi connectivity index (χ0) is 13.0.